The van der Waals surface area contributed by atoms with Crippen molar-refractivity contribution in [2.75, 3.05) is 5.75 Å². The molecule has 6 nitrogen and oxygen atoms in total. The van der Waals surface area contributed by atoms with Gasteiger partial charge in [-0.3, -0.25) is 14.0 Å². The van der Waals surface area contributed by atoms with Gasteiger partial charge >= 0.3 is 5.97 Å². The maximum atomic E-state index is 10.6. The molecule has 0 aliphatic carbocycles. The molecule has 0 aliphatic heterocycles. The van der Waals surface area contributed by atoms with E-state index in [1.165, 1.54) is 11.8 Å². The second-order valence-corrected chi connectivity index (χ2v) is 4.92. The summed E-state index contributed by atoms with van der Waals surface area (Å²) in [6, 6.07) is 0. The van der Waals surface area contributed by atoms with Crippen molar-refractivity contribution in [2.24, 2.45) is 7.05 Å². The van der Waals surface area contributed by atoms with Crippen molar-refractivity contribution in [3.05, 3.63) is 23.8 Å². The predicted octanol–water partition coefficient (Wildman–Crippen LogP) is 1.40. The van der Waals surface area contributed by atoms with E-state index in [0.29, 0.717) is 5.16 Å². The van der Waals surface area contributed by atoms with Crippen molar-refractivity contribution in [3.8, 4) is 5.69 Å². The van der Waals surface area contributed by atoms with Crippen LogP contribution in [-0.4, -0.2) is 36.2 Å². The van der Waals surface area contributed by atoms with E-state index in [1.807, 2.05) is 31.7 Å². The van der Waals surface area contributed by atoms with Crippen LogP contribution in [0.2, 0.25) is 0 Å². The molecule has 0 saturated carbocycles. The van der Waals surface area contributed by atoms with Crippen molar-refractivity contribution < 1.29 is 9.90 Å². The Morgan fingerprint density at radius 3 is 2.78 bits per heavy atom. The Morgan fingerprint density at radius 1 is 1.50 bits per heavy atom. The summed E-state index contributed by atoms with van der Waals surface area (Å²) in [6.07, 6.45) is 3.63. The molecule has 0 unspecified atom stereocenters. The lowest BCUT2D eigenvalue weighted by molar-refractivity contribution is -0.133. The van der Waals surface area contributed by atoms with Crippen LogP contribution in [0.4, 0.5) is 0 Å². The largest absolute Gasteiger partial charge is 0.481 e. The Labute approximate surface area is 109 Å². The van der Waals surface area contributed by atoms with Gasteiger partial charge in [-0.25, -0.2) is 4.98 Å². The molecule has 2 aromatic heterocycles. The number of aromatic nitrogens is 4. The molecular formula is C11H14N4O2S. The van der Waals surface area contributed by atoms with Gasteiger partial charge in [0.1, 0.15) is 0 Å². The number of aryl methyl sites for hydroxylation is 3. The highest BCUT2D eigenvalue weighted by atomic mass is 32.2. The van der Waals surface area contributed by atoms with Gasteiger partial charge in [0.05, 0.1) is 17.1 Å². The van der Waals surface area contributed by atoms with Gasteiger partial charge < -0.3 is 5.11 Å². The predicted molar refractivity (Wildman–Crippen MR) is 68.2 cm³/mol. The Bertz CT molecular complexity index is 588. The van der Waals surface area contributed by atoms with Crippen LogP contribution in [0.1, 0.15) is 11.4 Å². The van der Waals surface area contributed by atoms with Crippen molar-refractivity contribution >= 4 is 17.7 Å². The normalized spacial score (nSPS) is 10.8. The molecule has 96 valence electrons. The van der Waals surface area contributed by atoms with Gasteiger partial charge in [-0.15, -0.1) is 0 Å². The van der Waals surface area contributed by atoms with E-state index in [4.69, 9.17) is 5.11 Å². The Morgan fingerprint density at radius 2 is 2.22 bits per heavy atom. The summed E-state index contributed by atoms with van der Waals surface area (Å²) in [5.41, 5.74) is 2.77. The van der Waals surface area contributed by atoms with E-state index in [1.54, 1.807) is 10.9 Å². The number of imidazole rings is 1. The molecule has 2 rings (SSSR count). The number of rotatable bonds is 4. The molecule has 1 N–H and O–H groups in total. The zero-order valence-corrected chi connectivity index (χ0v) is 11.2. The van der Waals surface area contributed by atoms with E-state index in [-0.39, 0.29) is 5.75 Å². The third-order valence-electron chi connectivity index (χ3n) is 2.46. The second-order valence-electron chi connectivity index (χ2n) is 3.97. The quantitative estimate of drug-likeness (QED) is 0.847. The summed E-state index contributed by atoms with van der Waals surface area (Å²) in [4.78, 5) is 14.9. The Balaban J connectivity index is 2.40. The van der Waals surface area contributed by atoms with Gasteiger partial charge in [-0.05, 0) is 13.8 Å². The number of carbonyl (C=O) groups is 1. The number of nitrogens with zero attached hydrogens (tertiary/aromatic N) is 4. The van der Waals surface area contributed by atoms with Crippen molar-refractivity contribution in [2.45, 2.75) is 19.0 Å². The maximum absolute atomic E-state index is 10.6. The average Bonchev–Trinajstić information content (AvgIpc) is 2.79. The van der Waals surface area contributed by atoms with Crippen LogP contribution in [0.3, 0.4) is 0 Å². The maximum Gasteiger partial charge on any atom is 0.313 e. The SMILES string of the molecule is Cc1nn(C)cc1-n1c(C)cnc1SCC(=O)O. The van der Waals surface area contributed by atoms with Crippen LogP contribution < -0.4 is 0 Å². The Hall–Kier alpha value is -1.76. The fourth-order valence-corrected chi connectivity index (χ4v) is 2.49. The van der Waals surface area contributed by atoms with E-state index in [2.05, 4.69) is 10.1 Å². The first-order valence-corrected chi connectivity index (χ1v) is 6.37. The van der Waals surface area contributed by atoms with Gasteiger partial charge in [0.25, 0.3) is 0 Å². The molecule has 0 fully saturated rings. The summed E-state index contributed by atoms with van der Waals surface area (Å²) >= 11 is 1.20. The van der Waals surface area contributed by atoms with Gasteiger partial charge in [-0.2, -0.15) is 5.10 Å². The zero-order chi connectivity index (χ0) is 13.3. The summed E-state index contributed by atoms with van der Waals surface area (Å²) in [6.45, 7) is 3.85. The standard InChI is InChI=1S/C11H14N4O2S/c1-7-4-12-11(18-6-10(16)17)15(7)9-5-14(3)13-8(9)2/h4-5H,6H2,1-3H3,(H,16,17). The molecule has 2 aromatic rings. The molecule has 0 radical (unpaired) electrons. The molecule has 0 saturated heterocycles. The molecule has 2 heterocycles. The number of thioether (sulfide) groups is 1. The van der Waals surface area contributed by atoms with Crippen LogP contribution >= 0.6 is 11.8 Å². The molecule has 18 heavy (non-hydrogen) atoms. The van der Waals surface area contributed by atoms with Crippen LogP contribution in [0.5, 0.6) is 0 Å². The van der Waals surface area contributed by atoms with E-state index in [9.17, 15) is 4.79 Å². The number of hydrogen-bond acceptors (Lipinski definition) is 4. The van der Waals surface area contributed by atoms with Crippen LogP contribution in [-0.2, 0) is 11.8 Å². The second kappa shape index (κ2) is 4.85. The van der Waals surface area contributed by atoms with Crippen molar-refractivity contribution in [1.29, 1.82) is 0 Å². The number of carboxylic acid groups (broad SMARTS) is 1. The molecular weight excluding hydrogens is 252 g/mol. The Kier molecular flexibility index (Phi) is 3.42. The topological polar surface area (TPSA) is 72.9 Å². The monoisotopic (exact) mass is 266 g/mol. The first-order chi connectivity index (χ1) is 8.49. The van der Waals surface area contributed by atoms with Crippen LogP contribution in [0.25, 0.3) is 5.69 Å². The highest BCUT2D eigenvalue weighted by Crippen LogP contribution is 2.24. The molecule has 0 amide bonds. The van der Waals surface area contributed by atoms with Crippen LogP contribution in [0.15, 0.2) is 17.6 Å². The molecule has 0 spiro atoms. The minimum atomic E-state index is -0.852. The summed E-state index contributed by atoms with van der Waals surface area (Å²) in [5, 5.41) is 13.7. The fraction of sp³-hybridized carbons (Fsp3) is 0.364. The smallest absolute Gasteiger partial charge is 0.313 e. The van der Waals surface area contributed by atoms with E-state index in [0.717, 1.165) is 17.1 Å². The van der Waals surface area contributed by atoms with Gasteiger partial charge in [0.2, 0.25) is 0 Å². The van der Waals surface area contributed by atoms with Crippen molar-refractivity contribution in [1.82, 2.24) is 19.3 Å². The summed E-state index contributed by atoms with van der Waals surface area (Å²) < 4.78 is 3.66. The minimum absolute atomic E-state index is 0.00420. The highest BCUT2D eigenvalue weighted by molar-refractivity contribution is 7.99. The lowest BCUT2D eigenvalue weighted by atomic mass is 10.4. The molecule has 0 aliphatic rings. The summed E-state index contributed by atoms with van der Waals surface area (Å²) in [7, 11) is 1.85. The number of carboxylic acids is 1. The lowest BCUT2D eigenvalue weighted by Gasteiger charge is -2.07. The average molecular weight is 266 g/mol. The highest BCUT2D eigenvalue weighted by Gasteiger charge is 2.14. The number of aliphatic carboxylic acids is 1. The van der Waals surface area contributed by atoms with E-state index < -0.39 is 5.97 Å². The first kappa shape index (κ1) is 12.7. The fourth-order valence-electron chi connectivity index (χ4n) is 1.74. The lowest BCUT2D eigenvalue weighted by Crippen LogP contribution is -2.03. The third-order valence-corrected chi connectivity index (χ3v) is 3.40. The van der Waals surface area contributed by atoms with Gasteiger partial charge in [0, 0.05) is 25.1 Å². The zero-order valence-electron chi connectivity index (χ0n) is 10.4. The molecule has 0 bridgehead atoms. The van der Waals surface area contributed by atoms with Crippen LogP contribution in [0, 0.1) is 13.8 Å². The molecule has 0 atom stereocenters. The van der Waals surface area contributed by atoms with E-state index >= 15 is 0 Å². The van der Waals surface area contributed by atoms with Gasteiger partial charge in [0.15, 0.2) is 5.16 Å². The number of hydrogen-bond donors (Lipinski definition) is 1. The summed E-state index contributed by atoms with van der Waals surface area (Å²) in [5.74, 6) is -0.856. The minimum Gasteiger partial charge on any atom is -0.481 e. The van der Waals surface area contributed by atoms with Gasteiger partial charge in [-0.1, -0.05) is 11.8 Å². The first-order valence-electron chi connectivity index (χ1n) is 5.38. The third kappa shape index (κ3) is 2.40. The molecule has 0 aromatic carbocycles. The molecule has 7 heteroatoms. The van der Waals surface area contributed by atoms with Crippen molar-refractivity contribution in [3.63, 3.8) is 0 Å².